The highest BCUT2D eigenvalue weighted by Crippen LogP contribution is 2.23. The van der Waals surface area contributed by atoms with Gasteiger partial charge in [0.05, 0.1) is 12.2 Å². The average Bonchev–Trinajstić information content (AvgIpc) is 2.80. The maximum absolute atomic E-state index is 12.2. The lowest BCUT2D eigenvalue weighted by atomic mass is 10.0. The molecule has 0 saturated heterocycles. The van der Waals surface area contributed by atoms with Crippen molar-refractivity contribution >= 4 is 12.0 Å². The van der Waals surface area contributed by atoms with Gasteiger partial charge in [-0.15, -0.1) is 6.58 Å². The molecule has 126 valence electrons. The number of aryl methyl sites for hydroxylation is 1. The molecule has 1 N–H and O–H groups in total. The largest absolute Gasteiger partial charge is 0.444 e. The van der Waals surface area contributed by atoms with Crippen LogP contribution in [0.25, 0.3) is 0 Å². The maximum Gasteiger partial charge on any atom is 0.410 e. The summed E-state index contributed by atoms with van der Waals surface area (Å²) >= 11 is 0. The maximum atomic E-state index is 12.2. The lowest BCUT2D eigenvalue weighted by Crippen LogP contribution is -2.40. The Morgan fingerprint density at radius 2 is 2.13 bits per heavy atom. The van der Waals surface area contributed by atoms with E-state index in [4.69, 9.17) is 4.74 Å². The summed E-state index contributed by atoms with van der Waals surface area (Å²) in [4.78, 5) is 26.0. The van der Waals surface area contributed by atoms with Gasteiger partial charge in [0.1, 0.15) is 5.60 Å². The van der Waals surface area contributed by atoms with Crippen LogP contribution in [0.3, 0.4) is 0 Å². The van der Waals surface area contributed by atoms with E-state index < -0.39 is 5.60 Å². The Morgan fingerprint density at radius 1 is 1.43 bits per heavy atom. The first-order valence-electron chi connectivity index (χ1n) is 7.64. The zero-order valence-electron chi connectivity index (χ0n) is 14.2. The third-order valence-corrected chi connectivity index (χ3v) is 3.52. The summed E-state index contributed by atoms with van der Waals surface area (Å²) < 4.78 is 7.07. The molecule has 0 radical (unpaired) electrons. The molecule has 1 aliphatic rings. The number of amides is 2. The van der Waals surface area contributed by atoms with Crippen LogP contribution >= 0.6 is 0 Å². The van der Waals surface area contributed by atoms with Crippen molar-refractivity contribution in [2.45, 2.75) is 39.3 Å². The van der Waals surface area contributed by atoms with Crippen LogP contribution in [-0.2, 0) is 24.8 Å². The number of aromatic nitrogens is 2. The van der Waals surface area contributed by atoms with E-state index in [0.29, 0.717) is 31.7 Å². The van der Waals surface area contributed by atoms with Crippen molar-refractivity contribution < 1.29 is 14.3 Å². The summed E-state index contributed by atoms with van der Waals surface area (Å²) in [6.07, 6.45) is 1.86. The molecular formula is C16H24N4O3. The topological polar surface area (TPSA) is 76.5 Å². The monoisotopic (exact) mass is 320 g/mol. The molecular weight excluding hydrogens is 296 g/mol. The van der Waals surface area contributed by atoms with Crippen LogP contribution in [0.1, 0.15) is 42.5 Å². The van der Waals surface area contributed by atoms with E-state index in [1.54, 1.807) is 22.7 Å². The predicted octanol–water partition coefficient (Wildman–Crippen LogP) is 1.63. The molecule has 2 rings (SSSR count). The van der Waals surface area contributed by atoms with Crippen molar-refractivity contribution in [2.24, 2.45) is 7.05 Å². The van der Waals surface area contributed by atoms with Gasteiger partial charge in [-0.05, 0) is 27.2 Å². The van der Waals surface area contributed by atoms with Crippen LogP contribution in [-0.4, -0.2) is 45.4 Å². The fraction of sp³-hybridized carbons (Fsp3) is 0.562. The van der Waals surface area contributed by atoms with Gasteiger partial charge in [0.2, 0.25) is 0 Å². The van der Waals surface area contributed by atoms with E-state index in [2.05, 4.69) is 17.0 Å². The summed E-state index contributed by atoms with van der Waals surface area (Å²) in [6, 6.07) is 0. The van der Waals surface area contributed by atoms with Gasteiger partial charge in [0, 0.05) is 25.7 Å². The summed E-state index contributed by atoms with van der Waals surface area (Å²) in [5.41, 5.74) is 1.66. The van der Waals surface area contributed by atoms with E-state index in [9.17, 15) is 9.59 Å². The minimum Gasteiger partial charge on any atom is -0.444 e. The van der Waals surface area contributed by atoms with Gasteiger partial charge < -0.3 is 15.0 Å². The van der Waals surface area contributed by atoms with Crippen LogP contribution in [0.2, 0.25) is 0 Å². The van der Waals surface area contributed by atoms with Gasteiger partial charge in [-0.2, -0.15) is 5.10 Å². The number of rotatable bonds is 3. The van der Waals surface area contributed by atoms with E-state index in [0.717, 1.165) is 11.3 Å². The summed E-state index contributed by atoms with van der Waals surface area (Å²) in [5, 5.41) is 7.04. The number of fused-ring (bicyclic) bond motifs is 1. The minimum absolute atomic E-state index is 0.215. The first-order chi connectivity index (χ1) is 10.7. The first kappa shape index (κ1) is 17.1. The molecule has 0 atom stereocenters. The number of nitrogens with zero attached hydrogens (tertiary/aromatic N) is 3. The van der Waals surface area contributed by atoms with E-state index in [1.165, 1.54) is 0 Å². The molecule has 1 aromatic heterocycles. The number of ether oxygens (including phenoxy) is 1. The Balaban J connectivity index is 2.16. The molecule has 0 bridgehead atoms. The Bertz CT molecular complexity index is 628. The molecule has 0 saturated carbocycles. The molecule has 1 aromatic rings. The predicted molar refractivity (Wildman–Crippen MR) is 86.1 cm³/mol. The SMILES string of the molecule is C=CCNC(=O)c1nn(C)c2c1CCN(C(=O)OC(C)(C)C)C2. The van der Waals surface area contributed by atoms with E-state index >= 15 is 0 Å². The van der Waals surface area contributed by atoms with E-state index in [1.807, 2.05) is 20.8 Å². The second kappa shape index (κ2) is 6.44. The summed E-state index contributed by atoms with van der Waals surface area (Å²) in [6.45, 7) is 10.4. The lowest BCUT2D eigenvalue weighted by Gasteiger charge is -2.30. The number of carbonyl (C=O) groups excluding carboxylic acids is 2. The quantitative estimate of drug-likeness (QED) is 0.859. The molecule has 0 unspecified atom stereocenters. The van der Waals surface area contributed by atoms with Crippen molar-refractivity contribution in [1.82, 2.24) is 20.0 Å². The second-order valence-corrected chi connectivity index (χ2v) is 6.55. The smallest absolute Gasteiger partial charge is 0.410 e. The molecule has 0 fully saturated rings. The van der Waals surface area contributed by atoms with Gasteiger partial charge in [0.15, 0.2) is 5.69 Å². The standard InChI is InChI=1S/C16H24N4O3/c1-6-8-17-14(21)13-11-7-9-20(10-12(11)19(5)18-13)15(22)23-16(2,3)4/h6H,1,7-10H2,2-5H3,(H,17,21). The highest BCUT2D eigenvalue weighted by molar-refractivity contribution is 5.94. The third kappa shape index (κ3) is 3.91. The molecule has 2 heterocycles. The Kier molecular flexibility index (Phi) is 4.77. The molecule has 0 spiro atoms. The molecule has 0 aliphatic carbocycles. The molecule has 7 heteroatoms. The van der Waals surface area contributed by atoms with Crippen LogP contribution in [0.5, 0.6) is 0 Å². The normalized spacial score (nSPS) is 14.2. The molecule has 0 aromatic carbocycles. The fourth-order valence-corrected chi connectivity index (χ4v) is 2.48. The Hall–Kier alpha value is -2.31. The Labute approximate surface area is 136 Å². The van der Waals surface area contributed by atoms with Crippen LogP contribution in [0, 0.1) is 0 Å². The van der Waals surface area contributed by atoms with Crippen molar-refractivity contribution in [2.75, 3.05) is 13.1 Å². The number of nitrogens with one attached hydrogen (secondary N) is 1. The fourth-order valence-electron chi connectivity index (χ4n) is 2.48. The summed E-state index contributed by atoms with van der Waals surface area (Å²) in [5.74, 6) is -0.215. The van der Waals surface area contributed by atoms with Crippen LogP contribution < -0.4 is 5.32 Å². The molecule has 1 aliphatic heterocycles. The minimum atomic E-state index is -0.528. The highest BCUT2D eigenvalue weighted by Gasteiger charge is 2.31. The molecule has 7 nitrogen and oxygen atoms in total. The number of hydrogen-bond acceptors (Lipinski definition) is 4. The first-order valence-corrected chi connectivity index (χ1v) is 7.64. The zero-order valence-corrected chi connectivity index (χ0v) is 14.2. The van der Waals surface area contributed by atoms with Crippen LogP contribution in [0.4, 0.5) is 4.79 Å². The molecule has 2 amide bonds. The van der Waals surface area contributed by atoms with Gasteiger partial charge in [-0.25, -0.2) is 4.79 Å². The second-order valence-electron chi connectivity index (χ2n) is 6.55. The van der Waals surface area contributed by atoms with Gasteiger partial charge >= 0.3 is 6.09 Å². The average molecular weight is 320 g/mol. The number of carbonyl (C=O) groups is 2. The van der Waals surface area contributed by atoms with Crippen molar-refractivity contribution in [3.05, 3.63) is 29.6 Å². The number of hydrogen-bond donors (Lipinski definition) is 1. The highest BCUT2D eigenvalue weighted by atomic mass is 16.6. The van der Waals surface area contributed by atoms with Crippen LogP contribution in [0.15, 0.2) is 12.7 Å². The van der Waals surface area contributed by atoms with Gasteiger partial charge in [-0.3, -0.25) is 9.48 Å². The van der Waals surface area contributed by atoms with Gasteiger partial charge in [-0.1, -0.05) is 6.08 Å². The third-order valence-electron chi connectivity index (χ3n) is 3.52. The summed E-state index contributed by atoms with van der Waals surface area (Å²) in [7, 11) is 1.78. The Morgan fingerprint density at radius 3 is 2.74 bits per heavy atom. The lowest BCUT2D eigenvalue weighted by molar-refractivity contribution is 0.0219. The zero-order chi connectivity index (χ0) is 17.2. The van der Waals surface area contributed by atoms with Crippen molar-refractivity contribution in [3.8, 4) is 0 Å². The van der Waals surface area contributed by atoms with Crippen molar-refractivity contribution in [1.29, 1.82) is 0 Å². The molecule has 23 heavy (non-hydrogen) atoms. The van der Waals surface area contributed by atoms with Gasteiger partial charge in [0.25, 0.3) is 5.91 Å². The van der Waals surface area contributed by atoms with Crippen molar-refractivity contribution in [3.63, 3.8) is 0 Å². The van der Waals surface area contributed by atoms with E-state index in [-0.39, 0.29) is 12.0 Å².